The number of carboxylic acids is 1. The summed E-state index contributed by atoms with van der Waals surface area (Å²) in [5.41, 5.74) is 9.28. The molecule has 0 saturated heterocycles. The largest absolute Gasteiger partial charge is 0.481 e. The van der Waals surface area contributed by atoms with Gasteiger partial charge in [0.1, 0.15) is 6.04 Å². The molecular formula is C29H33N3O5. The van der Waals surface area contributed by atoms with E-state index in [9.17, 15) is 19.2 Å². The Morgan fingerprint density at radius 3 is 2.27 bits per heavy atom. The lowest BCUT2D eigenvalue weighted by molar-refractivity contribution is -0.138. The summed E-state index contributed by atoms with van der Waals surface area (Å²) in [6, 6.07) is 16.9. The van der Waals surface area contributed by atoms with E-state index in [2.05, 4.69) is 29.4 Å². The fourth-order valence-corrected chi connectivity index (χ4v) is 3.53. The molecule has 0 bridgehead atoms. The van der Waals surface area contributed by atoms with Crippen molar-refractivity contribution in [1.29, 1.82) is 0 Å². The van der Waals surface area contributed by atoms with Crippen LogP contribution in [0, 0.1) is 0 Å². The molecule has 0 aliphatic rings. The lowest BCUT2D eigenvalue weighted by Gasteiger charge is -2.17. The SMILES string of the molecule is C=C/C=C(\C=C/Cc1ccc(CCC(=O)N[C@@H](CCC(=O)O)C(=O)NCC(N)=O)cc1)c1ccccc1. The second-order valence-electron chi connectivity index (χ2n) is 8.38. The fraction of sp³-hybridized carbons (Fsp3) is 0.241. The number of hydrogen-bond acceptors (Lipinski definition) is 4. The van der Waals surface area contributed by atoms with E-state index in [0.29, 0.717) is 6.42 Å². The minimum atomic E-state index is -1.09. The van der Waals surface area contributed by atoms with Crippen LogP contribution in [0.1, 0.15) is 36.0 Å². The molecule has 2 aromatic rings. The molecule has 8 heteroatoms. The molecule has 1 atom stereocenters. The van der Waals surface area contributed by atoms with Crippen molar-refractivity contribution in [2.24, 2.45) is 5.73 Å². The van der Waals surface area contributed by atoms with Gasteiger partial charge in [-0.3, -0.25) is 19.2 Å². The second kappa shape index (κ2) is 15.5. The van der Waals surface area contributed by atoms with E-state index in [1.807, 2.05) is 60.7 Å². The highest BCUT2D eigenvalue weighted by Gasteiger charge is 2.21. The first kappa shape index (κ1) is 28.8. The van der Waals surface area contributed by atoms with E-state index in [1.165, 1.54) is 0 Å². The predicted molar refractivity (Wildman–Crippen MR) is 143 cm³/mol. The summed E-state index contributed by atoms with van der Waals surface area (Å²) in [4.78, 5) is 46.4. The van der Waals surface area contributed by atoms with Crippen LogP contribution in [0.4, 0.5) is 0 Å². The Morgan fingerprint density at radius 2 is 1.65 bits per heavy atom. The van der Waals surface area contributed by atoms with Crippen LogP contribution in [0.5, 0.6) is 0 Å². The molecule has 0 saturated carbocycles. The van der Waals surface area contributed by atoms with Gasteiger partial charge >= 0.3 is 5.97 Å². The molecule has 0 aliphatic heterocycles. The zero-order valence-electron chi connectivity index (χ0n) is 20.7. The number of rotatable bonds is 15. The number of nitrogens with one attached hydrogen (secondary N) is 2. The van der Waals surface area contributed by atoms with E-state index >= 15 is 0 Å². The van der Waals surface area contributed by atoms with Crippen molar-refractivity contribution in [3.05, 3.63) is 102 Å². The van der Waals surface area contributed by atoms with Crippen molar-refractivity contribution in [3.63, 3.8) is 0 Å². The molecule has 2 aromatic carbocycles. The summed E-state index contributed by atoms with van der Waals surface area (Å²) in [6.45, 7) is 3.40. The number of primary amides is 1. The van der Waals surface area contributed by atoms with Crippen molar-refractivity contribution in [3.8, 4) is 0 Å². The molecule has 0 aromatic heterocycles. The first-order chi connectivity index (χ1) is 17.8. The van der Waals surface area contributed by atoms with Crippen molar-refractivity contribution >= 4 is 29.3 Å². The van der Waals surface area contributed by atoms with Crippen molar-refractivity contribution in [2.45, 2.75) is 38.1 Å². The van der Waals surface area contributed by atoms with Gasteiger partial charge in [-0.15, -0.1) is 0 Å². The van der Waals surface area contributed by atoms with Crippen LogP contribution in [0.2, 0.25) is 0 Å². The fourth-order valence-electron chi connectivity index (χ4n) is 3.53. The van der Waals surface area contributed by atoms with Crippen LogP contribution in [-0.4, -0.2) is 41.4 Å². The Kier molecular flexibility index (Phi) is 12.1. The topological polar surface area (TPSA) is 139 Å². The van der Waals surface area contributed by atoms with Gasteiger partial charge in [-0.2, -0.15) is 0 Å². The van der Waals surface area contributed by atoms with Gasteiger partial charge in [-0.25, -0.2) is 0 Å². The number of amides is 3. The standard InChI is InChI=1S/C29H33N3O5/c1-2-7-23(24-9-4-3-5-10-24)11-6-8-21-12-14-22(15-13-21)16-18-27(34)32-25(17-19-28(35)36)29(37)31-20-26(30)33/h2-7,9-15,25H,1,8,16-20H2,(H2,30,33)(H,31,37)(H,32,34)(H,35,36)/b11-6-,23-7+/t25-/m0/s1. The summed E-state index contributed by atoms with van der Waals surface area (Å²) in [5.74, 6) is -2.87. The minimum absolute atomic E-state index is 0.0954. The number of carboxylic acid groups (broad SMARTS) is 1. The molecule has 3 amide bonds. The number of aryl methyl sites for hydroxylation is 1. The molecule has 194 valence electrons. The van der Waals surface area contributed by atoms with Gasteiger partial charge in [0.05, 0.1) is 6.54 Å². The van der Waals surface area contributed by atoms with Gasteiger partial charge in [-0.05, 0) is 41.5 Å². The van der Waals surface area contributed by atoms with Crippen molar-refractivity contribution in [1.82, 2.24) is 10.6 Å². The van der Waals surface area contributed by atoms with E-state index in [-0.39, 0.29) is 25.2 Å². The highest BCUT2D eigenvalue weighted by molar-refractivity contribution is 5.90. The summed E-state index contributed by atoms with van der Waals surface area (Å²) in [6.07, 6.45) is 8.81. The van der Waals surface area contributed by atoms with Gasteiger partial charge < -0.3 is 21.5 Å². The first-order valence-electron chi connectivity index (χ1n) is 12.0. The van der Waals surface area contributed by atoms with Gasteiger partial charge in [0, 0.05) is 12.8 Å². The zero-order valence-corrected chi connectivity index (χ0v) is 20.7. The average Bonchev–Trinajstić information content (AvgIpc) is 2.89. The van der Waals surface area contributed by atoms with Crippen LogP contribution < -0.4 is 16.4 Å². The second-order valence-corrected chi connectivity index (χ2v) is 8.38. The van der Waals surface area contributed by atoms with Crippen LogP contribution in [0.15, 0.2) is 85.5 Å². The summed E-state index contributed by atoms with van der Waals surface area (Å²) in [5, 5.41) is 13.7. The Balaban J connectivity index is 1.88. The molecule has 0 fully saturated rings. The molecule has 0 unspecified atom stereocenters. The maximum absolute atomic E-state index is 12.4. The molecule has 0 heterocycles. The van der Waals surface area contributed by atoms with E-state index in [0.717, 1.165) is 28.7 Å². The molecule has 2 rings (SSSR count). The third kappa shape index (κ3) is 11.2. The van der Waals surface area contributed by atoms with Crippen molar-refractivity contribution in [2.75, 3.05) is 6.54 Å². The highest BCUT2D eigenvalue weighted by Crippen LogP contribution is 2.16. The first-order valence-corrected chi connectivity index (χ1v) is 12.0. The number of carbonyl (C=O) groups excluding carboxylic acids is 3. The molecule has 0 radical (unpaired) electrons. The lowest BCUT2D eigenvalue weighted by Crippen LogP contribution is -2.48. The maximum atomic E-state index is 12.4. The number of benzene rings is 2. The van der Waals surface area contributed by atoms with Gasteiger partial charge in [-0.1, -0.05) is 85.5 Å². The summed E-state index contributed by atoms with van der Waals surface area (Å²) < 4.78 is 0. The normalized spacial score (nSPS) is 12.1. The molecular weight excluding hydrogens is 470 g/mol. The maximum Gasteiger partial charge on any atom is 0.303 e. The average molecular weight is 504 g/mol. The quantitative estimate of drug-likeness (QED) is 0.277. The number of carbonyl (C=O) groups is 4. The molecule has 0 spiro atoms. The summed E-state index contributed by atoms with van der Waals surface area (Å²) in [7, 11) is 0. The smallest absolute Gasteiger partial charge is 0.303 e. The number of hydrogen-bond donors (Lipinski definition) is 4. The molecule has 8 nitrogen and oxygen atoms in total. The number of nitrogens with two attached hydrogens (primary N) is 1. The minimum Gasteiger partial charge on any atom is -0.481 e. The van der Waals surface area contributed by atoms with Crippen LogP contribution in [0.3, 0.4) is 0 Å². The van der Waals surface area contributed by atoms with Gasteiger partial charge in [0.15, 0.2) is 0 Å². The number of allylic oxidation sites excluding steroid dienone is 5. The van der Waals surface area contributed by atoms with Crippen LogP contribution in [0.25, 0.3) is 5.57 Å². The van der Waals surface area contributed by atoms with Crippen LogP contribution >= 0.6 is 0 Å². The number of aliphatic carboxylic acids is 1. The Morgan fingerprint density at radius 1 is 0.973 bits per heavy atom. The Hall–Kier alpha value is -4.46. The Bertz CT molecular complexity index is 1140. The van der Waals surface area contributed by atoms with Gasteiger partial charge in [0.25, 0.3) is 0 Å². The molecule has 37 heavy (non-hydrogen) atoms. The highest BCUT2D eigenvalue weighted by atomic mass is 16.4. The van der Waals surface area contributed by atoms with E-state index < -0.39 is 30.4 Å². The van der Waals surface area contributed by atoms with E-state index in [4.69, 9.17) is 10.8 Å². The van der Waals surface area contributed by atoms with Crippen molar-refractivity contribution < 1.29 is 24.3 Å². The monoisotopic (exact) mass is 503 g/mol. The summed E-state index contributed by atoms with van der Waals surface area (Å²) >= 11 is 0. The third-order valence-electron chi connectivity index (χ3n) is 5.45. The zero-order chi connectivity index (χ0) is 27.0. The lowest BCUT2D eigenvalue weighted by atomic mass is 10.0. The Labute approximate surface area is 217 Å². The van der Waals surface area contributed by atoms with E-state index in [1.54, 1.807) is 6.08 Å². The van der Waals surface area contributed by atoms with Crippen LogP contribution in [-0.2, 0) is 32.0 Å². The molecule has 0 aliphatic carbocycles. The third-order valence-corrected chi connectivity index (χ3v) is 5.45. The van der Waals surface area contributed by atoms with Gasteiger partial charge in [0.2, 0.25) is 17.7 Å². The predicted octanol–water partition coefficient (Wildman–Crippen LogP) is 2.94. The molecule has 5 N–H and O–H groups in total.